The van der Waals surface area contributed by atoms with Crippen molar-refractivity contribution in [3.63, 3.8) is 0 Å². The van der Waals surface area contributed by atoms with Crippen molar-refractivity contribution in [2.45, 2.75) is 31.7 Å². The Kier molecular flexibility index (Phi) is 6.92. The molecule has 1 amide bonds. The average Bonchev–Trinajstić information content (AvgIpc) is 3.18. The molecule has 0 aliphatic carbocycles. The van der Waals surface area contributed by atoms with Crippen LogP contribution in [0.3, 0.4) is 0 Å². The third-order valence-corrected chi connectivity index (χ3v) is 7.49. The largest absolute Gasteiger partial charge is 0.338 e. The second-order valence-electron chi connectivity index (χ2n) is 7.28. The van der Waals surface area contributed by atoms with Crippen molar-refractivity contribution in [1.29, 1.82) is 0 Å². The predicted molar refractivity (Wildman–Crippen MR) is 120 cm³/mol. The number of rotatable bonds is 8. The van der Waals surface area contributed by atoms with Gasteiger partial charge in [0.25, 0.3) is 5.91 Å². The average molecular weight is 441 g/mol. The molecule has 0 saturated carbocycles. The number of nitrogens with one attached hydrogen (secondary N) is 1. The summed E-state index contributed by atoms with van der Waals surface area (Å²) in [4.78, 5) is 17.7. The normalized spacial score (nSPS) is 12.7. The van der Waals surface area contributed by atoms with E-state index in [0.717, 1.165) is 5.56 Å². The molecule has 2 aromatic carbocycles. The molecule has 1 N–H and O–H groups in total. The number of nitrogens with zero attached hydrogens (tertiary/aromatic N) is 3. The number of benzene rings is 2. The van der Waals surface area contributed by atoms with Gasteiger partial charge in [-0.25, -0.2) is 13.4 Å². The van der Waals surface area contributed by atoms with Crippen LogP contribution in [0.4, 0.5) is 0 Å². The van der Waals surface area contributed by atoms with Crippen molar-refractivity contribution in [3.8, 4) is 0 Å². The molecular formula is C23H28N4O3S. The van der Waals surface area contributed by atoms with E-state index < -0.39 is 16.1 Å². The summed E-state index contributed by atoms with van der Waals surface area (Å²) in [5, 5.41) is 3.02. The van der Waals surface area contributed by atoms with E-state index in [0.29, 0.717) is 24.5 Å². The van der Waals surface area contributed by atoms with Crippen LogP contribution in [-0.4, -0.2) is 41.3 Å². The molecule has 1 aromatic heterocycles. The molecule has 1 heterocycles. The van der Waals surface area contributed by atoms with Crippen LogP contribution >= 0.6 is 0 Å². The van der Waals surface area contributed by atoms with Gasteiger partial charge in [0, 0.05) is 38.1 Å². The van der Waals surface area contributed by atoms with Crippen molar-refractivity contribution < 1.29 is 13.2 Å². The number of amides is 1. The zero-order valence-electron chi connectivity index (χ0n) is 18.2. The van der Waals surface area contributed by atoms with Gasteiger partial charge < -0.3 is 9.88 Å². The van der Waals surface area contributed by atoms with Gasteiger partial charge in [0.2, 0.25) is 10.0 Å². The van der Waals surface area contributed by atoms with E-state index in [9.17, 15) is 13.2 Å². The first kappa shape index (κ1) is 22.7. The van der Waals surface area contributed by atoms with Crippen molar-refractivity contribution in [2.24, 2.45) is 7.05 Å². The molecule has 7 nitrogen and oxygen atoms in total. The lowest BCUT2D eigenvalue weighted by molar-refractivity contribution is 0.0941. The number of carbonyl (C=O) groups excluding carboxylic acids is 1. The Bertz CT molecular complexity index is 1150. The van der Waals surface area contributed by atoms with Crippen molar-refractivity contribution >= 4 is 15.9 Å². The number of imidazole rings is 1. The molecule has 8 heteroatoms. The molecule has 0 spiro atoms. The first-order valence-electron chi connectivity index (χ1n) is 10.2. The molecule has 0 fully saturated rings. The maximum absolute atomic E-state index is 13.2. The smallest absolute Gasteiger partial charge is 0.252 e. The van der Waals surface area contributed by atoms with E-state index >= 15 is 0 Å². The molecule has 0 aliphatic rings. The summed E-state index contributed by atoms with van der Waals surface area (Å²) < 4.78 is 29.3. The van der Waals surface area contributed by atoms with Gasteiger partial charge in [0.05, 0.1) is 4.90 Å². The minimum Gasteiger partial charge on any atom is -0.338 e. The molecule has 0 radical (unpaired) electrons. The minimum absolute atomic E-state index is 0.150. The van der Waals surface area contributed by atoms with Gasteiger partial charge in [-0.05, 0) is 30.2 Å². The van der Waals surface area contributed by atoms with Gasteiger partial charge in [0.1, 0.15) is 11.9 Å². The summed E-state index contributed by atoms with van der Waals surface area (Å²) in [5.74, 6) is 0.315. The van der Waals surface area contributed by atoms with Gasteiger partial charge in [0.15, 0.2) is 0 Å². The molecule has 1 unspecified atom stereocenters. The summed E-state index contributed by atoms with van der Waals surface area (Å²) in [5.41, 5.74) is 1.77. The van der Waals surface area contributed by atoms with Crippen LogP contribution in [-0.2, 0) is 17.1 Å². The summed E-state index contributed by atoms with van der Waals surface area (Å²) in [6.07, 6.45) is 3.50. The van der Waals surface area contributed by atoms with Crippen molar-refractivity contribution in [2.75, 3.05) is 13.1 Å². The van der Waals surface area contributed by atoms with Gasteiger partial charge in [-0.2, -0.15) is 4.31 Å². The third kappa shape index (κ3) is 4.70. The highest BCUT2D eigenvalue weighted by molar-refractivity contribution is 7.89. The fourth-order valence-electron chi connectivity index (χ4n) is 3.53. The Morgan fingerprint density at radius 3 is 2.39 bits per heavy atom. The summed E-state index contributed by atoms with van der Waals surface area (Å²) in [6.45, 7) is 6.06. The van der Waals surface area contributed by atoms with E-state index in [4.69, 9.17) is 0 Å². The molecule has 1 atom stereocenters. The zero-order chi connectivity index (χ0) is 22.6. The van der Waals surface area contributed by atoms with E-state index in [1.54, 1.807) is 39.1 Å². The minimum atomic E-state index is -3.68. The Hall–Kier alpha value is -2.97. The Balaban J connectivity index is 1.98. The Morgan fingerprint density at radius 1 is 1.13 bits per heavy atom. The van der Waals surface area contributed by atoms with E-state index in [1.165, 1.54) is 10.4 Å². The molecule has 31 heavy (non-hydrogen) atoms. The van der Waals surface area contributed by atoms with Gasteiger partial charge in [-0.1, -0.05) is 50.2 Å². The Labute approximate surface area is 183 Å². The fourth-order valence-corrected chi connectivity index (χ4v) is 5.24. The standard InChI is InChI=1S/C23H28N4O3S/c1-5-27(6-2)31(29,30)20-16-19(13-12-17(20)3)23(28)25-21(18-10-8-7-9-11-18)22-24-14-15-26(22)4/h7-16,21H,5-6H2,1-4H3,(H,25,28). The fraction of sp³-hybridized carbons (Fsp3) is 0.304. The van der Waals surface area contributed by atoms with E-state index in [1.807, 2.05) is 48.1 Å². The van der Waals surface area contributed by atoms with E-state index in [-0.39, 0.29) is 16.4 Å². The van der Waals surface area contributed by atoms with Crippen LogP contribution in [0.2, 0.25) is 0 Å². The highest BCUT2D eigenvalue weighted by Crippen LogP contribution is 2.24. The Morgan fingerprint density at radius 2 is 1.81 bits per heavy atom. The topological polar surface area (TPSA) is 84.3 Å². The van der Waals surface area contributed by atoms with Crippen molar-refractivity contribution in [3.05, 3.63) is 83.4 Å². The van der Waals surface area contributed by atoms with E-state index in [2.05, 4.69) is 10.3 Å². The molecular weight excluding hydrogens is 412 g/mol. The number of sulfonamides is 1. The van der Waals surface area contributed by atoms with Gasteiger partial charge in [-0.15, -0.1) is 0 Å². The number of aryl methyl sites for hydroxylation is 2. The van der Waals surface area contributed by atoms with Gasteiger partial charge >= 0.3 is 0 Å². The first-order chi connectivity index (χ1) is 14.8. The second kappa shape index (κ2) is 9.45. The first-order valence-corrected chi connectivity index (χ1v) is 11.7. The number of hydrogen-bond donors (Lipinski definition) is 1. The quantitative estimate of drug-likeness (QED) is 0.583. The number of hydrogen-bond acceptors (Lipinski definition) is 4. The van der Waals surface area contributed by atoms with Crippen LogP contribution in [0.25, 0.3) is 0 Å². The van der Waals surface area contributed by atoms with Crippen LogP contribution in [0.5, 0.6) is 0 Å². The number of carbonyl (C=O) groups is 1. The second-order valence-corrected chi connectivity index (χ2v) is 9.19. The predicted octanol–water partition coefficient (Wildman–Crippen LogP) is 3.28. The van der Waals surface area contributed by atoms with Crippen LogP contribution in [0.1, 0.15) is 47.2 Å². The molecule has 0 saturated heterocycles. The lowest BCUT2D eigenvalue weighted by Gasteiger charge is -2.21. The monoisotopic (exact) mass is 440 g/mol. The molecule has 0 bridgehead atoms. The molecule has 3 rings (SSSR count). The molecule has 164 valence electrons. The zero-order valence-corrected chi connectivity index (χ0v) is 19.1. The highest BCUT2D eigenvalue weighted by Gasteiger charge is 2.26. The highest BCUT2D eigenvalue weighted by atomic mass is 32.2. The molecule has 0 aliphatic heterocycles. The van der Waals surface area contributed by atoms with Crippen LogP contribution < -0.4 is 5.32 Å². The maximum atomic E-state index is 13.2. The summed E-state index contributed by atoms with van der Waals surface area (Å²) in [6, 6.07) is 13.9. The lowest BCUT2D eigenvalue weighted by Crippen LogP contribution is -2.33. The van der Waals surface area contributed by atoms with Crippen LogP contribution in [0, 0.1) is 6.92 Å². The SMILES string of the molecule is CCN(CC)S(=O)(=O)c1cc(C(=O)NC(c2ccccc2)c2nccn2C)ccc1C. The third-order valence-electron chi connectivity index (χ3n) is 5.30. The van der Waals surface area contributed by atoms with Crippen molar-refractivity contribution in [1.82, 2.24) is 19.2 Å². The van der Waals surface area contributed by atoms with Gasteiger partial charge in [-0.3, -0.25) is 4.79 Å². The maximum Gasteiger partial charge on any atom is 0.252 e. The summed E-state index contributed by atoms with van der Waals surface area (Å²) in [7, 11) is -1.82. The number of aromatic nitrogens is 2. The summed E-state index contributed by atoms with van der Waals surface area (Å²) >= 11 is 0. The van der Waals surface area contributed by atoms with Crippen LogP contribution in [0.15, 0.2) is 65.8 Å². The lowest BCUT2D eigenvalue weighted by atomic mass is 10.0. The molecule has 3 aromatic rings.